The van der Waals surface area contributed by atoms with E-state index in [1.165, 1.54) is 6.20 Å². The van der Waals surface area contributed by atoms with Crippen LogP contribution in [0.2, 0.25) is 0 Å². The van der Waals surface area contributed by atoms with Gasteiger partial charge in [-0.2, -0.15) is 14.0 Å². The largest absolute Gasteiger partial charge is 0.335 e. The number of nitrogens with one attached hydrogen (secondary N) is 1. The maximum absolute atomic E-state index is 11.3. The van der Waals surface area contributed by atoms with Gasteiger partial charge in [0, 0.05) is 0 Å². The summed E-state index contributed by atoms with van der Waals surface area (Å²) in [5, 5.41) is 11.1. The van der Waals surface area contributed by atoms with Crippen molar-refractivity contribution in [1.82, 2.24) is 14.1 Å². The van der Waals surface area contributed by atoms with E-state index in [9.17, 15) is 4.79 Å². The standard InChI is InChI=1S/C7H8N4OS/c1-2-5(3-8)10-7(12)6-4-9-13-11-6/h4-5H,2H2,1H3,(H,10,12)/t5-/m0/s1. The van der Waals surface area contributed by atoms with Crippen molar-refractivity contribution in [2.24, 2.45) is 0 Å². The number of carbonyl (C=O) groups is 1. The molecule has 68 valence electrons. The Hall–Kier alpha value is -1.48. The number of rotatable bonds is 3. The van der Waals surface area contributed by atoms with Crippen LogP contribution in [-0.2, 0) is 0 Å². The molecule has 1 atom stereocenters. The van der Waals surface area contributed by atoms with Crippen LogP contribution in [-0.4, -0.2) is 20.7 Å². The molecule has 0 aliphatic carbocycles. The van der Waals surface area contributed by atoms with Gasteiger partial charge >= 0.3 is 0 Å². The van der Waals surface area contributed by atoms with Gasteiger partial charge in [-0.25, -0.2) is 0 Å². The van der Waals surface area contributed by atoms with Crippen LogP contribution in [0.1, 0.15) is 23.8 Å². The van der Waals surface area contributed by atoms with Gasteiger partial charge in [0.05, 0.1) is 24.0 Å². The lowest BCUT2D eigenvalue weighted by Crippen LogP contribution is -2.33. The molecule has 13 heavy (non-hydrogen) atoms. The van der Waals surface area contributed by atoms with Crippen LogP contribution in [0.4, 0.5) is 0 Å². The van der Waals surface area contributed by atoms with Gasteiger partial charge in [-0.15, -0.1) is 0 Å². The SMILES string of the molecule is CC[C@@H](C#N)NC(=O)c1cnsn1. The molecule has 1 aromatic rings. The number of nitriles is 1. The first-order chi connectivity index (χ1) is 6.27. The number of amides is 1. The zero-order valence-electron chi connectivity index (χ0n) is 7.02. The van der Waals surface area contributed by atoms with E-state index in [0.717, 1.165) is 11.7 Å². The highest BCUT2D eigenvalue weighted by molar-refractivity contribution is 6.99. The van der Waals surface area contributed by atoms with Crippen LogP contribution >= 0.6 is 11.7 Å². The minimum atomic E-state index is -0.450. The first kappa shape index (κ1) is 9.61. The van der Waals surface area contributed by atoms with E-state index in [-0.39, 0.29) is 11.6 Å². The lowest BCUT2D eigenvalue weighted by Gasteiger charge is -2.06. The van der Waals surface area contributed by atoms with E-state index >= 15 is 0 Å². The van der Waals surface area contributed by atoms with Crippen molar-refractivity contribution in [2.45, 2.75) is 19.4 Å². The van der Waals surface area contributed by atoms with Crippen molar-refractivity contribution in [3.63, 3.8) is 0 Å². The molecular weight excluding hydrogens is 188 g/mol. The summed E-state index contributed by atoms with van der Waals surface area (Å²) in [4.78, 5) is 11.3. The van der Waals surface area contributed by atoms with Crippen LogP contribution < -0.4 is 5.32 Å². The topological polar surface area (TPSA) is 78.7 Å². The van der Waals surface area contributed by atoms with Gasteiger partial charge in [0.1, 0.15) is 6.04 Å². The van der Waals surface area contributed by atoms with E-state index in [1.54, 1.807) is 0 Å². The van der Waals surface area contributed by atoms with Crippen molar-refractivity contribution >= 4 is 17.6 Å². The monoisotopic (exact) mass is 196 g/mol. The zero-order chi connectivity index (χ0) is 9.68. The Morgan fingerprint density at radius 2 is 2.69 bits per heavy atom. The second kappa shape index (κ2) is 4.52. The third kappa shape index (κ3) is 2.49. The van der Waals surface area contributed by atoms with Crippen molar-refractivity contribution < 1.29 is 4.79 Å². The van der Waals surface area contributed by atoms with Gasteiger partial charge in [0.15, 0.2) is 5.69 Å². The molecule has 0 fully saturated rings. The van der Waals surface area contributed by atoms with E-state index in [4.69, 9.17) is 5.26 Å². The molecule has 0 aliphatic heterocycles. The van der Waals surface area contributed by atoms with Crippen molar-refractivity contribution in [2.75, 3.05) is 0 Å². The highest BCUT2D eigenvalue weighted by Gasteiger charge is 2.12. The first-order valence-corrected chi connectivity index (χ1v) is 4.49. The molecule has 0 aliphatic rings. The Labute approximate surface area is 79.7 Å². The number of nitrogens with zero attached hydrogens (tertiary/aromatic N) is 3. The third-order valence-corrected chi connectivity index (χ3v) is 1.94. The van der Waals surface area contributed by atoms with Gasteiger partial charge in [-0.1, -0.05) is 6.92 Å². The summed E-state index contributed by atoms with van der Waals surface area (Å²) in [5.74, 6) is -0.345. The summed E-state index contributed by atoms with van der Waals surface area (Å²) in [6.45, 7) is 1.83. The number of hydrogen-bond donors (Lipinski definition) is 1. The third-order valence-electron chi connectivity index (χ3n) is 1.46. The van der Waals surface area contributed by atoms with Crippen molar-refractivity contribution in [3.8, 4) is 6.07 Å². The van der Waals surface area contributed by atoms with Gasteiger partial charge in [0.2, 0.25) is 0 Å². The fraction of sp³-hybridized carbons (Fsp3) is 0.429. The molecule has 1 heterocycles. The van der Waals surface area contributed by atoms with Gasteiger partial charge in [-0.3, -0.25) is 4.79 Å². The molecule has 1 amide bonds. The molecule has 0 saturated heterocycles. The Balaban J connectivity index is 2.57. The molecule has 1 rings (SSSR count). The molecule has 0 spiro atoms. The van der Waals surface area contributed by atoms with Crippen LogP contribution in [0.5, 0.6) is 0 Å². The maximum Gasteiger partial charge on any atom is 0.273 e. The molecule has 0 saturated carbocycles. The number of carbonyl (C=O) groups excluding carboxylic acids is 1. The summed E-state index contributed by atoms with van der Waals surface area (Å²) in [5.41, 5.74) is 0.263. The lowest BCUT2D eigenvalue weighted by atomic mass is 10.2. The van der Waals surface area contributed by atoms with Gasteiger partial charge in [0.25, 0.3) is 5.91 Å². The molecule has 0 unspecified atom stereocenters. The molecule has 1 aromatic heterocycles. The first-order valence-electron chi connectivity index (χ1n) is 3.76. The minimum absolute atomic E-state index is 0.263. The van der Waals surface area contributed by atoms with E-state index in [2.05, 4.69) is 14.1 Å². The predicted octanol–water partition coefficient (Wildman–Crippen LogP) is 0.570. The molecule has 1 N–H and O–H groups in total. The second-order valence-corrected chi connectivity index (χ2v) is 2.91. The van der Waals surface area contributed by atoms with Crippen LogP contribution in [0.25, 0.3) is 0 Å². The highest BCUT2D eigenvalue weighted by Crippen LogP contribution is 1.96. The summed E-state index contributed by atoms with van der Waals surface area (Å²) < 4.78 is 7.44. The van der Waals surface area contributed by atoms with E-state index in [0.29, 0.717) is 6.42 Å². The Bertz CT molecular complexity index is 316. The smallest absolute Gasteiger partial charge is 0.273 e. The molecular formula is C7H8N4OS. The fourth-order valence-electron chi connectivity index (χ4n) is 0.723. The van der Waals surface area contributed by atoms with E-state index in [1.807, 2.05) is 13.0 Å². The summed E-state index contributed by atoms with van der Waals surface area (Å²) in [6, 6.07) is 1.52. The van der Waals surface area contributed by atoms with Crippen molar-refractivity contribution in [1.29, 1.82) is 5.26 Å². The van der Waals surface area contributed by atoms with Crippen LogP contribution in [0.15, 0.2) is 6.20 Å². The second-order valence-electron chi connectivity index (χ2n) is 2.36. The fourth-order valence-corrected chi connectivity index (χ4v) is 1.13. The molecule has 0 bridgehead atoms. The Kier molecular flexibility index (Phi) is 3.34. The number of hydrogen-bond acceptors (Lipinski definition) is 5. The van der Waals surface area contributed by atoms with Gasteiger partial charge < -0.3 is 5.32 Å². The minimum Gasteiger partial charge on any atom is -0.335 e. The molecule has 0 radical (unpaired) electrons. The average molecular weight is 196 g/mol. The summed E-state index contributed by atoms with van der Waals surface area (Å²) in [6.07, 6.45) is 1.96. The van der Waals surface area contributed by atoms with E-state index < -0.39 is 6.04 Å². The molecule has 6 heteroatoms. The van der Waals surface area contributed by atoms with Crippen LogP contribution in [0, 0.1) is 11.3 Å². The average Bonchev–Trinajstić information content (AvgIpc) is 2.66. The number of aromatic nitrogens is 2. The zero-order valence-corrected chi connectivity index (χ0v) is 7.84. The predicted molar refractivity (Wildman–Crippen MR) is 47.1 cm³/mol. The molecule has 5 nitrogen and oxygen atoms in total. The van der Waals surface area contributed by atoms with Crippen LogP contribution in [0.3, 0.4) is 0 Å². The molecule has 0 aromatic carbocycles. The van der Waals surface area contributed by atoms with Gasteiger partial charge in [-0.05, 0) is 6.42 Å². The summed E-state index contributed by atoms with van der Waals surface area (Å²) in [7, 11) is 0. The quantitative estimate of drug-likeness (QED) is 0.766. The highest BCUT2D eigenvalue weighted by atomic mass is 32.1. The Morgan fingerprint density at radius 3 is 3.15 bits per heavy atom. The lowest BCUT2D eigenvalue weighted by molar-refractivity contribution is 0.0940. The van der Waals surface area contributed by atoms with Crippen molar-refractivity contribution in [3.05, 3.63) is 11.9 Å². The normalized spacial score (nSPS) is 11.7. The Morgan fingerprint density at radius 1 is 1.92 bits per heavy atom. The maximum atomic E-state index is 11.3. The summed E-state index contributed by atoms with van der Waals surface area (Å²) >= 11 is 0.966.